The van der Waals surface area contributed by atoms with Crippen molar-refractivity contribution >= 4 is 44.3 Å². The maximum absolute atomic E-state index is 11.6. The molecule has 146 valence electrons. The Morgan fingerprint density at radius 1 is 1.14 bits per heavy atom. The van der Waals surface area contributed by atoms with E-state index in [2.05, 4.69) is 33.2 Å². The van der Waals surface area contributed by atoms with Gasteiger partial charge in [-0.25, -0.2) is 23.5 Å². The average molecular weight is 441 g/mol. The van der Waals surface area contributed by atoms with E-state index in [4.69, 9.17) is 10.1 Å². The van der Waals surface area contributed by atoms with Crippen LogP contribution in [0.25, 0.3) is 21.7 Å². The van der Waals surface area contributed by atoms with Gasteiger partial charge in [0.05, 0.1) is 10.6 Å². The van der Waals surface area contributed by atoms with Gasteiger partial charge >= 0.3 is 0 Å². The molecule has 4 aromatic rings. The molecule has 0 amide bonds. The molecule has 0 saturated carbocycles. The number of hydrogen-bond donors (Lipinski definition) is 2. The highest BCUT2D eigenvalue weighted by Gasteiger charge is 2.22. The zero-order valence-corrected chi connectivity index (χ0v) is 17.6. The molecule has 0 spiro atoms. The van der Waals surface area contributed by atoms with Crippen LogP contribution in [0.15, 0.2) is 58.3 Å². The summed E-state index contributed by atoms with van der Waals surface area (Å²) < 4.78 is 23.2. The fourth-order valence-electron chi connectivity index (χ4n) is 3.37. The number of thiophene rings is 2. The van der Waals surface area contributed by atoms with Crippen molar-refractivity contribution in [1.29, 1.82) is 0 Å². The lowest BCUT2D eigenvalue weighted by Crippen LogP contribution is -2.12. The summed E-state index contributed by atoms with van der Waals surface area (Å²) in [5, 5.41) is 12.6. The Morgan fingerprint density at radius 2 is 2.03 bits per heavy atom. The number of fused-ring (bicyclic) bond motifs is 3. The number of rotatable bonds is 4. The van der Waals surface area contributed by atoms with Crippen LogP contribution in [-0.2, 0) is 22.9 Å². The van der Waals surface area contributed by atoms with Gasteiger partial charge in [-0.15, -0.1) is 11.3 Å². The molecule has 6 nitrogen and oxygen atoms in total. The second-order valence-electron chi connectivity index (χ2n) is 6.72. The van der Waals surface area contributed by atoms with Crippen molar-refractivity contribution in [3.05, 3.63) is 63.8 Å². The summed E-state index contributed by atoms with van der Waals surface area (Å²) in [6.45, 7) is 0. The van der Waals surface area contributed by atoms with E-state index in [0.717, 1.165) is 29.7 Å². The predicted molar refractivity (Wildman–Crippen MR) is 117 cm³/mol. The number of benzene rings is 1. The Balaban J connectivity index is 1.50. The van der Waals surface area contributed by atoms with Crippen LogP contribution in [0.5, 0.6) is 0 Å². The fraction of sp³-hybridized carbons (Fsp3) is 0.100. The molecule has 1 aliphatic carbocycles. The first-order chi connectivity index (χ1) is 14.0. The van der Waals surface area contributed by atoms with Crippen LogP contribution in [0.2, 0.25) is 0 Å². The number of nitrogens with two attached hydrogens (primary N) is 1. The van der Waals surface area contributed by atoms with Gasteiger partial charge < -0.3 is 5.32 Å². The monoisotopic (exact) mass is 440 g/mol. The lowest BCUT2D eigenvalue weighted by atomic mass is 9.96. The number of hydrogen-bond acceptors (Lipinski definition) is 7. The van der Waals surface area contributed by atoms with Crippen molar-refractivity contribution in [2.45, 2.75) is 17.7 Å². The number of primary sulfonamides is 1. The third kappa shape index (κ3) is 3.58. The quantitative estimate of drug-likeness (QED) is 0.489. The Labute approximate surface area is 176 Å². The predicted octanol–water partition coefficient (Wildman–Crippen LogP) is 4.42. The van der Waals surface area contributed by atoms with Crippen LogP contribution in [0.4, 0.5) is 11.6 Å². The Hall–Kier alpha value is -2.59. The first kappa shape index (κ1) is 18.4. The summed E-state index contributed by atoms with van der Waals surface area (Å²) in [5.74, 6) is 0.423. The van der Waals surface area contributed by atoms with E-state index < -0.39 is 10.0 Å². The van der Waals surface area contributed by atoms with Crippen LogP contribution in [-0.4, -0.2) is 18.4 Å². The van der Waals surface area contributed by atoms with Crippen LogP contribution < -0.4 is 10.5 Å². The zero-order chi connectivity index (χ0) is 20.0. The molecular weight excluding hydrogens is 424 g/mol. The third-order valence-electron chi connectivity index (χ3n) is 4.77. The van der Waals surface area contributed by atoms with Crippen molar-refractivity contribution in [1.82, 2.24) is 9.97 Å². The Morgan fingerprint density at radius 3 is 2.83 bits per heavy atom. The molecule has 1 aliphatic rings. The van der Waals surface area contributed by atoms with Gasteiger partial charge in [0.15, 0.2) is 0 Å². The molecule has 0 aliphatic heterocycles. The molecule has 0 atom stereocenters. The van der Waals surface area contributed by atoms with Gasteiger partial charge in [0.2, 0.25) is 16.0 Å². The molecule has 0 radical (unpaired) electrons. The summed E-state index contributed by atoms with van der Waals surface area (Å²) >= 11 is 3.51. The van der Waals surface area contributed by atoms with Crippen molar-refractivity contribution < 1.29 is 8.42 Å². The highest BCUT2D eigenvalue weighted by molar-refractivity contribution is 7.89. The molecule has 3 heterocycles. The maximum atomic E-state index is 11.6. The number of nitrogens with zero attached hydrogens (tertiary/aromatic N) is 2. The largest absolute Gasteiger partial charge is 0.324 e. The van der Waals surface area contributed by atoms with Crippen LogP contribution in [0.1, 0.15) is 10.4 Å². The van der Waals surface area contributed by atoms with Gasteiger partial charge in [-0.1, -0.05) is 6.07 Å². The molecule has 9 heteroatoms. The molecular formula is C20H16N4O2S3. The fourth-order valence-corrected chi connectivity index (χ4v) is 5.82. The Kier molecular flexibility index (Phi) is 4.47. The smallest absolute Gasteiger partial charge is 0.238 e. The maximum Gasteiger partial charge on any atom is 0.238 e. The third-order valence-corrected chi connectivity index (χ3v) is 7.61. The highest BCUT2D eigenvalue weighted by atomic mass is 32.2. The lowest BCUT2D eigenvalue weighted by Gasteiger charge is -2.16. The van der Waals surface area contributed by atoms with Gasteiger partial charge in [0.25, 0.3) is 0 Å². The summed E-state index contributed by atoms with van der Waals surface area (Å²) in [6.07, 6.45) is 3.75. The second-order valence-corrected chi connectivity index (χ2v) is 10.2. The van der Waals surface area contributed by atoms with Gasteiger partial charge in [0, 0.05) is 32.8 Å². The average Bonchev–Trinajstić information content (AvgIpc) is 3.37. The number of aryl methyl sites for hydroxylation is 2. The van der Waals surface area contributed by atoms with Gasteiger partial charge in [0.1, 0.15) is 0 Å². The molecule has 3 N–H and O–H groups in total. The van der Waals surface area contributed by atoms with E-state index in [-0.39, 0.29) is 4.90 Å². The molecule has 0 unspecified atom stereocenters. The highest BCUT2D eigenvalue weighted by Crippen LogP contribution is 2.42. The number of aromatic nitrogens is 2. The van der Waals surface area contributed by atoms with E-state index in [1.165, 1.54) is 27.5 Å². The van der Waals surface area contributed by atoms with Crippen LogP contribution >= 0.6 is 22.7 Å². The molecule has 1 aromatic carbocycles. The molecule has 0 fully saturated rings. The first-order valence-electron chi connectivity index (χ1n) is 8.89. The van der Waals surface area contributed by atoms with Crippen LogP contribution in [0.3, 0.4) is 0 Å². The van der Waals surface area contributed by atoms with Crippen molar-refractivity contribution in [3.63, 3.8) is 0 Å². The van der Waals surface area contributed by atoms with Gasteiger partial charge in [-0.05, 0) is 59.5 Å². The molecule has 0 bridgehead atoms. The molecule has 5 rings (SSSR count). The minimum Gasteiger partial charge on any atom is -0.324 e. The van der Waals surface area contributed by atoms with E-state index in [0.29, 0.717) is 11.6 Å². The molecule has 3 aromatic heterocycles. The van der Waals surface area contributed by atoms with E-state index in [9.17, 15) is 8.42 Å². The standard InChI is InChI=1S/C20H16N4O2S3/c21-29(25,26)15-3-1-2-14(8-15)23-20-22-10-12-4-5-17-16(19(12)24-20)9-18(28-17)13-6-7-27-11-13/h1-3,6-11H,4-5H2,(H2,21,25,26)(H,22,23,24). The van der Waals surface area contributed by atoms with E-state index in [1.54, 1.807) is 23.5 Å². The van der Waals surface area contributed by atoms with Crippen molar-refractivity contribution in [2.24, 2.45) is 5.14 Å². The zero-order valence-electron chi connectivity index (χ0n) is 15.1. The number of nitrogens with one attached hydrogen (secondary N) is 1. The van der Waals surface area contributed by atoms with E-state index in [1.807, 2.05) is 17.5 Å². The van der Waals surface area contributed by atoms with Gasteiger partial charge in [-0.2, -0.15) is 11.3 Å². The summed E-state index contributed by atoms with van der Waals surface area (Å²) in [6, 6.07) is 10.7. The van der Waals surface area contributed by atoms with Crippen LogP contribution in [0, 0.1) is 0 Å². The molecule has 0 saturated heterocycles. The second kappa shape index (κ2) is 7.03. The SMILES string of the molecule is NS(=O)(=O)c1cccc(Nc2ncc3c(n2)-c2cc(-c4ccsc4)sc2CC3)c1. The summed E-state index contributed by atoms with van der Waals surface area (Å²) in [4.78, 5) is 11.8. The number of anilines is 2. The first-order valence-corrected chi connectivity index (χ1v) is 12.2. The summed E-state index contributed by atoms with van der Waals surface area (Å²) in [7, 11) is -3.77. The lowest BCUT2D eigenvalue weighted by molar-refractivity contribution is 0.598. The van der Waals surface area contributed by atoms with Crippen molar-refractivity contribution in [3.8, 4) is 21.7 Å². The Bertz CT molecular complexity index is 1310. The summed E-state index contributed by atoms with van der Waals surface area (Å²) in [5.41, 5.74) is 5.02. The number of sulfonamides is 1. The molecule has 29 heavy (non-hydrogen) atoms. The minimum absolute atomic E-state index is 0.0426. The normalized spacial score (nSPS) is 13.0. The van der Waals surface area contributed by atoms with E-state index >= 15 is 0 Å². The van der Waals surface area contributed by atoms with Gasteiger partial charge in [-0.3, -0.25) is 0 Å². The minimum atomic E-state index is -3.77. The topological polar surface area (TPSA) is 98.0 Å². The van der Waals surface area contributed by atoms with Crippen molar-refractivity contribution in [2.75, 3.05) is 5.32 Å².